The fourth-order valence-electron chi connectivity index (χ4n) is 3.92. The standard InChI is InChI=1S/C24H29N3O4/c28-23(26-14-16-30-17-15-26)18-25-10-12-27(13-11-25)24(29)22-9-5-4-6-20(22)19-31-21-7-2-1-3-8-21/h1-9H,10-19H2. The zero-order valence-electron chi connectivity index (χ0n) is 17.7. The molecule has 31 heavy (non-hydrogen) atoms. The third-order valence-electron chi connectivity index (χ3n) is 5.77. The van der Waals surface area contributed by atoms with Crippen LogP contribution in [0.25, 0.3) is 0 Å². The van der Waals surface area contributed by atoms with Gasteiger partial charge in [0.25, 0.3) is 5.91 Å². The van der Waals surface area contributed by atoms with Crippen LogP contribution in [-0.4, -0.2) is 85.5 Å². The number of nitrogens with zero attached hydrogens (tertiary/aromatic N) is 3. The molecule has 2 saturated heterocycles. The smallest absolute Gasteiger partial charge is 0.254 e. The fraction of sp³-hybridized carbons (Fsp3) is 0.417. The molecule has 0 spiro atoms. The number of benzene rings is 2. The van der Waals surface area contributed by atoms with E-state index < -0.39 is 0 Å². The second-order valence-electron chi connectivity index (χ2n) is 7.82. The van der Waals surface area contributed by atoms with Gasteiger partial charge in [-0.05, 0) is 18.2 Å². The van der Waals surface area contributed by atoms with Gasteiger partial charge in [0.2, 0.25) is 5.91 Å². The van der Waals surface area contributed by atoms with E-state index >= 15 is 0 Å². The number of para-hydroxylation sites is 1. The highest BCUT2D eigenvalue weighted by molar-refractivity contribution is 5.95. The number of rotatable bonds is 6. The molecule has 7 heteroatoms. The highest BCUT2D eigenvalue weighted by Gasteiger charge is 2.26. The molecule has 0 saturated carbocycles. The summed E-state index contributed by atoms with van der Waals surface area (Å²) in [6, 6.07) is 17.2. The first-order valence-corrected chi connectivity index (χ1v) is 10.8. The zero-order chi connectivity index (χ0) is 21.5. The highest BCUT2D eigenvalue weighted by Crippen LogP contribution is 2.17. The lowest BCUT2D eigenvalue weighted by molar-refractivity contribution is -0.136. The number of carbonyl (C=O) groups excluding carboxylic acids is 2. The number of ether oxygens (including phenoxy) is 2. The molecule has 0 aromatic heterocycles. The van der Waals surface area contributed by atoms with Crippen molar-refractivity contribution in [2.75, 3.05) is 59.0 Å². The van der Waals surface area contributed by atoms with Crippen molar-refractivity contribution in [3.8, 4) is 5.75 Å². The van der Waals surface area contributed by atoms with E-state index in [0.29, 0.717) is 71.2 Å². The van der Waals surface area contributed by atoms with Gasteiger partial charge >= 0.3 is 0 Å². The maximum atomic E-state index is 13.2. The summed E-state index contributed by atoms with van der Waals surface area (Å²) in [5, 5.41) is 0. The predicted octanol–water partition coefficient (Wildman–Crippen LogP) is 1.88. The first-order valence-electron chi connectivity index (χ1n) is 10.8. The minimum atomic E-state index is 0.0198. The van der Waals surface area contributed by atoms with E-state index in [1.54, 1.807) is 0 Å². The second-order valence-corrected chi connectivity index (χ2v) is 7.82. The van der Waals surface area contributed by atoms with Crippen molar-refractivity contribution in [1.29, 1.82) is 0 Å². The van der Waals surface area contributed by atoms with E-state index in [2.05, 4.69) is 4.90 Å². The molecule has 2 fully saturated rings. The number of hydrogen-bond donors (Lipinski definition) is 0. The van der Waals surface area contributed by atoms with Crippen molar-refractivity contribution in [3.05, 3.63) is 65.7 Å². The summed E-state index contributed by atoms with van der Waals surface area (Å²) >= 11 is 0. The summed E-state index contributed by atoms with van der Waals surface area (Å²) in [5.41, 5.74) is 1.55. The van der Waals surface area contributed by atoms with E-state index in [1.165, 1.54) is 0 Å². The van der Waals surface area contributed by atoms with Gasteiger partial charge in [-0.25, -0.2) is 0 Å². The third kappa shape index (κ3) is 5.62. The molecule has 2 aromatic carbocycles. The number of amides is 2. The van der Waals surface area contributed by atoms with Crippen LogP contribution in [0.2, 0.25) is 0 Å². The number of hydrogen-bond acceptors (Lipinski definition) is 5. The number of morpholine rings is 1. The predicted molar refractivity (Wildman–Crippen MR) is 117 cm³/mol. The minimum absolute atomic E-state index is 0.0198. The summed E-state index contributed by atoms with van der Waals surface area (Å²) in [5.74, 6) is 0.946. The molecule has 0 atom stereocenters. The van der Waals surface area contributed by atoms with Crippen molar-refractivity contribution in [3.63, 3.8) is 0 Å². The molecule has 7 nitrogen and oxygen atoms in total. The third-order valence-corrected chi connectivity index (χ3v) is 5.77. The average molecular weight is 424 g/mol. The molecule has 0 bridgehead atoms. The van der Waals surface area contributed by atoms with Crippen LogP contribution >= 0.6 is 0 Å². The average Bonchev–Trinajstić information content (AvgIpc) is 2.84. The summed E-state index contributed by atoms with van der Waals surface area (Å²) in [7, 11) is 0. The van der Waals surface area contributed by atoms with Gasteiger partial charge in [0.1, 0.15) is 12.4 Å². The molecule has 2 aliphatic rings. The lowest BCUT2D eigenvalue weighted by atomic mass is 10.1. The van der Waals surface area contributed by atoms with Gasteiger partial charge in [-0.2, -0.15) is 0 Å². The molecule has 2 aromatic rings. The molecule has 0 unspecified atom stereocenters. The molecule has 164 valence electrons. The topological polar surface area (TPSA) is 62.3 Å². The summed E-state index contributed by atoms with van der Waals surface area (Å²) in [6.07, 6.45) is 0. The molecule has 0 aliphatic carbocycles. The molecular formula is C24H29N3O4. The first-order chi connectivity index (χ1) is 15.2. The van der Waals surface area contributed by atoms with Crippen LogP contribution in [0.4, 0.5) is 0 Å². The van der Waals surface area contributed by atoms with Gasteiger partial charge < -0.3 is 19.3 Å². The number of piperazine rings is 1. The van der Waals surface area contributed by atoms with Gasteiger partial charge in [-0.1, -0.05) is 36.4 Å². The maximum Gasteiger partial charge on any atom is 0.254 e. The van der Waals surface area contributed by atoms with Crippen molar-refractivity contribution < 1.29 is 19.1 Å². The van der Waals surface area contributed by atoms with Crippen molar-refractivity contribution >= 4 is 11.8 Å². The molecular weight excluding hydrogens is 394 g/mol. The van der Waals surface area contributed by atoms with E-state index in [4.69, 9.17) is 9.47 Å². The Labute approximate surface area is 183 Å². The summed E-state index contributed by atoms with van der Waals surface area (Å²) in [6.45, 7) is 5.94. The van der Waals surface area contributed by atoms with Crippen molar-refractivity contribution in [2.45, 2.75) is 6.61 Å². The molecule has 0 radical (unpaired) electrons. The second kappa shape index (κ2) is 10.4. The van der Waals surface area contributed by atoms with Gasteiger partial charge in [0, 0.05) is 50.4 Å². The minimum Gasteiger partial charge on any atom is -0.489 e. The zero-order valence-corrected chi connectivity index (χ0v) is 17.7. The van der Waals surface area contributed by atoms with Crippen molar-refractivity contribution in [1.82, 2.24) is 14.7 Å². The molecule has 4 rings (SSSR count). The van der Waals surface area contributed by atoms with Crippen LogP contribution in [0.1, 0.15) is 15.9 Å². The normalized spacial score (nSPS) is 17.4. The molecule has 2 amide bonds. The molecule has 2 aliphatic heterocycles. The molecule has 2 heterocycles. The summed E-state index contributed by atoms with van der Waals surface area (Å²) in [4.78, 5) is 31.5. The van der Waals surface area contributed by atoms with Crippen molar-refractivity contribution in [2.24, 2.45) is 0 Å². The van der Waals surface area contributed by atoms with Crippen LogP contribution in [0, 0.1) is 0 Å². The van der Waals surface area contributed by atoms with E-state index in [9.17, 15) is 9.59 Å². The quantitative estimate of drug-likeness (QED) is 0.710. The Bertz CT molecular complexity index is 875. The largest absolute Gasteiger partial charge is 0.489 e. The lowest BCUT2D eigenvalue weighted by Crippen LogP contribution is -2.52. The SMILES string of the molecule is O=C(CN1CCN(C(=O)c2ccccc2COc2ccccc2)CC1)N1CCOCC1. The van der Waals surface area contributed by atoms with E-state index in [-0.39, 0.29) is 11.8 Å². The Morgan fingerprint density at radius 1 is 0.806 bits per heavy atom. The first kappa shape index (κ1) is 21.3. The maximum absolute atomic E-state index is 13.2. The Balaban J connectivity index is 1.31. The van der Waals surface area contributed by atoms with Crippen LogP contribution in [0.15, 0.2) is 54.6 Å². The van der Waals surface area contributed by atoms with Gasteiger partial charge in [0.05, 0.1) is 19.8 Å². The fourth-order valence-corrected chi connectivity index (χ4v) is 3.92. The van der Waals surface area contributed by atoms with Gasteiger partial charge in [0.15, 0.2) is 0 Å². The van der Waals surface area contributed by atoms with Crippen LogP contribution in [0.3, 0.4) is 0 Å². The van der Waals surface area contributed by atoms with Gasteiger partial charge in [-0.3, -0.25) is 14.5 Å². The Morgan fingerprint density at radius 2 is 1.48 bits per heavy atom. The lowest BCUT2D eigenvalue weighted by Gasteiger charge is -2.36. The van der Waals surface area contributed by atoms with E-state index in [0.717, 1.165) is 11.3 Å². The Kier molecular flexibility index (Phi) is 7.17. The molecule has 0 N–H and O–H groups in total. The van der Waals surface area contributed by atoms with Crippen LogP contribution in [-0.2, 0) is 16.1 Å². The van der Waals surface area contributed by atoms with Crippen LogP contribution in [0.5, 0.6) is 5.75 Å². The van der Waals surface area contributed by atoms with Crippen LogP contribution < -0.4 is 4.74 Å². The van der Waals surface area contributed by atoms with Gasteiger partial charge in [-0.15, -0.1) is 0 Å². The number of carbonyl (C=O) groups is 2. The Hall–Kier alpha value is -2.90. The van der Waals surface area contributed by atoms with E-state index in [1.807, 2.05) is 64.4 Å². The monoisotopic (exact) mass is 423 g/mol. The highest BCUT2D eigenvalue weighted by atomic mass is 16.5. The Morgan fingerprint density at radius 3 is 2.23 bits per heavy atom. The summed E-state index contributed by atoms with van der Waals surface area (Å²) < 4.78 is 11.2.